The van der Waals surface area contributed by atoms with E-state index in [0.717, 1.165) is 67.8 Å². The number of nitrogens with one attached hydrogen (secondary N) is 5. The summed E-state index contributed by atoms with van der Waals surface area (Å²) < 4.78 is 120. The molecule has 4 aromatic rings. The van der Waals surface area contributed by atoms with Crippen LogP contribution in [-0.2, 0) is 28.7 Å². The first-order chi connectivity index (χ1) is 35.4. The number of carbonyl (C=O) groups is 4. The Balaban J connectivity index is 0.000000202. The van der Waals surface area contributed by atoms with E-state index >= 15 is 0 Å². The zero-order valence-corrected chi connectivity index (χ0v) is 41.3. The van der Waals surface area contributed by atoms with Gasteiger partial charge in [0.1, 0.15) is 23.1 Å². The molecule has 6 atom stereocenters. The molecule has 4 fully saturated rings. The van der Waals surface area contributed by atoms with Crippen molar-refractivity contribution < 1.29 is 78.4 Å². The number of halogens is 10. The van der Waals surface area contributed by atoms with Crippen LogP contribution in [0.3, 0.4) is 0 Å². The first kappa shape index (κ1) is 57.6. The molecule has 25 heteroatoms. The molecule has 4 saturated heterocycles. The maximum atomic E-state index is 13.2. The van der Waals surface area contributed by atoms with E-state index in [-0.39, 0.29) is 68.2 Å². The normalized spacial score (nSPS) is 21.1. The van der Waals surface area contributed by atoms with Gasteiger partial charge in [0.25, 0.3) is 0 Å². The molecule has 8 rings (SSSR count). The van der Waals surface area contributed by atoms with Crippen LogP contribution in [0.2, 0.25) is 10.0 Å². The van der Waals surface area contributed by atoms with Crippen LogP contribution < -0.4 is 36.1 Å². The highest BCUT2D eigenvalue weighted by atomic mass is 35.5. The molecule has 4 aliphatic rings. The van der Waals surface area contributed by atoms with Crippen LogP contribution >= 0.6 is 23.2 Å². The van der Waals surface area contributed by atoms with Crippen molar-refractivity contribution in [3.8, 4) is 11.5 Å². The van der Waals surface area contributed by atoms with E-state index in [2.05, 4.69) is 36.1 Å². The van der Waals surface area contributed by atoms with Crippen LogP contribution in [0.4, 0.5) is 57.9 Å². The van der Waals surface area contributed by atoms with Crippen molar-refractivity contribution in [3.63, 3.8) is 0 Å². The molecule has 0 saturated carbocycles. The van der Waals surface area contributed by atoms with Crippen LogP contribution in [0.15, 0.2) is 84.9 Å². The number of benzene rings is 4. The molecule has 4 heterocycles. The molecule has 6 N–H and O–H groups in total. The number of hydrogen-bond donors (Lipinski definition) is 6. The average molecular weight is 1100 g/mol. The van der Waals surface area contributed by atoms with Crippen LogP contribution in [0.25, 0.3) is 12.2 Å². The number of morpholine rings is 2. The van der Waals surface area contributed by atoms with E-state index in [1.807, 2.05) is 0 Å². The van der Waals surface area contributed by atoms with Crippen molar-refractivity contribution in [2.75, 3.05) is 47.7 Å². The number of amides is 3. The Morgan fingerprint density at radius 2 is 1.04 bits per heavy atom. The first-order valence-corrected chi connectivity index (χ1v) is 23.7. The Morgan fingerprint density at radius 1 is 0.640 bits per heavy atom. The minimum absolute atomic E-state index is 0.00347. The van der Waals surface area contributed by atoms with E-state index in [1.165, 1.54) is 50.3 Å². The molecule has 2 unspecified atom stereocenters. The highest BCUT2D eigenvalue weighted by Crippen LogP contribution is 2.38. The standard InChI is InChI=1S/C25H24ClF4N3O4.C13H17FN2O.C12H9ClF3NO4/c1-14(34)31-22-11-21(26)23(37-25(28,29)30)8-15(22)2-7-24(35)33-19-9-18(10-20(33)13-36-12-19)32-17-5-3-16(27)4-6-17;14-9-1-3-10(4-2-9)15-11-5-12-7-17-8-13(6-11)16-12;1-6(18)17-9-5-8(13)10(21-12(14,15)16)4-7(9)2-3-11(19)20/h2-8,11,18-20,32H,9-10,12-13H2,1H3,(H,31,34);1-4,11-13,15-16H,5-8H2;2-5H,1H3,(H,17,18)(H,19,20)/b7-2+;;3-2+/t18?,19-,20+;11?,12-,13+;. The second-order valence-electron chi connectivity index (χ2n) is 17.5. The number of rotatable bonds is 12. The fourth-order valence-electron chi connectivity index (χ4n) is 8.74. The number of ether oxygens (including phenoxy) is 4. The predicted octanol–water partition coefficient (Wildman–Crippen LogP) is 10.3. The van der Waals surface area contributed by atoms with E-state index in [1.54, 1.807) is 29.2 Å². The van der Waals surface area contributed by atoms with Crippen molar-refractivity contribution in [2.45, 2.75) is 88.5 Å². The van der Waals surface area contributed by atoms with Gasteiger partial charge in [-0.2, -0.15) is 0 Å². The molecule has 404 valence electrons. The number of carboxylic acids is 1. The fourth-order valence-corrected chi connectivity index (χ4v) is 9.14. The largest absolute Gasteiger partial charge is 0.573 e. The number of hydrogen-bond acceptors (Lipinski definition) is 11. The minimum Gasteiger partial charge on any atom is -0.478 e. The molecule has 0 radical (unpaired) electrons. The summed E-state index contributed by atoms with van der Waals surface area (Å²) in [7, 11) is 0. The van der Waals surface area contributed by atoms with Crippen molar-refractivity contribution in [3.05, 3.63) is 118 Å². The smallest absolute Gasteiger partial charge is 0.478 e. The molecular formula is C50H50Cl2F8N6O9. The van der Waals surface area contributed by atoms with E-state index in [9.17, 15) is 54.3 Å². The van der Waals surface area contributed by atoms with Gasteiger partial charge < -0.3 is 55.5 Å². The molecule has 0 aromatic heterocycles. The Labute approximate surface area is 434 Å². The summed E-state index contributed by atoms with van der Waals surface area (Å²) >= 11 is 11.5. The van der Waals surface area contributed by atoms with Gasteiger partial charge in [-0.3, -0.25) is 14.4 Å². The zero-order valence-electron chi connectivity index (χ0n) is 39.8. The zero-order chi connectivity index (χ0) is 54.6. The summed E-state index contributed by atoms with van der Waals surface area (Å²) in [6.45, 7) is 4.69. The van der Waals surface area contributed by atoms with Gasteiger partial charge in [-0.15, -0.1) is 26.3 Å². The average Bonchev–Trinajstić information content (AvgIpc) is 3.30. The van der Waals surface area contributed by atoms with Gasteiger partial charge in [0.15, 0.2) is 0 Å². The summed E-state index contributed by atoms with van der Waals surface area (Å²) in [4.78, 5) is 48.0. The lowest BCUT2D eigenvalue weighted by Crippen LogP contribution is -2.60. The Kier molecular flexibility index (Phi) is 19.8. The molecule has 0 spiro atoms. The van der Waals surface area contributed by atoms with Gasteiger partial charge in [-0.25, -0.2) is 13.6 Å². The number of carbonyl (C=O) groups excluding carboxylic acids is 3. The van der Waals surface area contributed by atoms with E-state index in [0.29, 0.717) is 50.3 Å². The van der Waals surface area contributed by atoms with Gasteiger partial charge >= 0.3 is 18.7 Å². The first-order valence-electron chi connectivity index (χ1n) is 23.0. The summed E-state index contributed by atoms with van der Waals surface area (Å²) in [5.74, 6) is -4.51. The summed E-state index contributed by atoms with van der Waals surface area (Å²) in [6, 6.07) is 17.6. The number of fused-ring (bicyclic) bond motifs is 4. The maximum Gasteiger partial charge on any atom is 0.573 e. The SMILES string of the molecule is CC(=O)Nc1cc(Cl)c(OC(F)(F)F)cc1/C=C/C(=O)N1[C@@H]2COC[C@H]1CC(Nc1ccc(F)cc1)C2.CC(=O)Nc1cc(Cl)c(OC(F)(F)F)cc1/C=C/C(=O)O.Fc1ccc(NC2C[C@H]3COC[C@@H](C2)N3)cc1. The maximum absolute atomic E-state index is 13.2. The second-order valence-corrected chi connectivity index (χ2v) is 18.3. The number of nitrogens with zero attached hydrogens (tertiary/aromatic N) is 1. The lowest BCUT2D eigenvalue weighted by atomic mass is 9.89. The molecule has 0 aliphatic carbocycles. The highest BCUT2D eigenvalue weighted by molar-refractivity contribution is 6.33. The van der Waals surface area contributed by atoms with Crippen LogP contribution in [0.1, 0.15) is 50.7 Å². The quantitative estimate of drug-likeness (QED) is 0.0583. The fraction of sp³-hybridized carbons (Fsp3) is 0.360. The Bertz CT molecular complexity index is 2690. The van der Waals surface area contributed by atoms with E-state index in [4.69, 9.17) is 37.8 Å². The van der Waals surface area contributed by atoms with E-state index < -0.39 is 42.0 Å². The van der Waals surface area contributed by atoms with Gasteiger partial charge in [0.05, 0.1) is 48.6 Å². The van der Waals surface area contributed by atoms with Gasteiger partial charge in [0, 0.05) is 84.0 Å². The molecule has 15 nitrogen and oxygen atoms in total. The number of piperidine rings is 2. The molecule has 3 amide bonds. The molecular weight excluding hydrogens is 1050 g/mol. The van der Waals surface area contributed by atoms with Crippen molar-refractivity contribution in [2.24, 2.45) is 0 Å². The van der Waals surface area contributed by atoms with Crippen molar-refractivity contribution in [1.29, 1.82) is 0 Å². The van der Waals surface area contributed by atoms with Gasteiger partial charge in [-0.05, 0) is 111 Å². The number of alkyl halides is 6. The third kappa shape index (κ3) is 18.3. The molecule has 75 heavy (non-hydrogen) atoms. The van der Waals surface area contributed by atoms with Crippen LogP contribution in [0.5, 0.6) is 11.5 Å². The summed E-state index contributed by atoms with van der Waals surface area (Å²) in [5.41, 5.74) is 2.06. The highest BCUT2D eigenvalue weighted by Gasteiger charge is 2.41. The lowest BCUT2D eigenvalue weighted by Gasteiger charge is -2.48. The number of carboxylic acid groups (broad SMARTS) is 1. The van der Waals surface area contributed by atoms with Gasteiger partial charge in [-0.1, -0.05) is 23.2 Å². The Hall–Kier alpha value is -6.66. The van der Waals surface area contributed by atoms with Crippen LogP contribution in [0, 0.1) is 11.6 Å². The third-order valence-corrected chi connectivity index (χ3v) is 12.1. The second kappa shape index (κ2) is 25.7. The monoisotopic (exact) mass is 1100 g/mol. The minimum atomic E-state index is -4.97. The van der Waals surface area contributed by atoms with Gasteiger partial charge in [0.2, 0.25) is 17.7 Å². The predicted molar refractivity (Wildman–Crippen MR) is 263 cm³/mol. The molecule has 4 bridgehead atoms. The topological polar surface area (TPSA) is 189 Å². The third-order valence-electron chi connectivity index (χ3n) is 11.5. The Morgan fingerprint density at radius 3 is 1.44 bits per heavy atom. The lowest BCUT2D eigenvalue weighted by molar-refractivity contribution is -0.275. The summed E-state index contributed by atoms with van der Waals surface area (Å²) in [5, 5.41) is 23.0. The van der Waals surface area contributed by atoms with Crippen LogP contribution in [-0.4, -0.2) is 109 Å². The number of aliphatic carboxylic acids is 1. The molecule has 4 aromatic carbocycles. The molecule has 4 aliphatic heterocycles. The summed E-state index contributed by atoms with van der Waals surface area (Å²) in [6.07, 6.45) is -2.35. The van der Waals surface area contributed by atoms with Crippen molar-refractivity contribution >= 4 is 81.8 Å². The van der Waals surface area contributed by atoms with Crippen molar-refractivity contribution in [1.82, 2.24) is 10.2 Å². The number of anilines is 4.